The molecule has 2 heteroatoms. The van der Waals surface area contributed by atoms with E-state index in [2.05, 4.69) is 75.5 Å². The number of hydrogen-bond acceptors (Lipinski definition) is 2. The average Bonchev–Trinajstić information content (AvgIpc) is 2.65. The lowest BCUT2D eigenvalue weighted by Gasteiger charge is -2.20. The zero-order chi connectivity index (χ0) is 19.2. The highest BCUT2D eigenvalue weighted by Crippen LogP contribution is 2.24. The van der Waals surface area contributed by atoms with Gasteiger partial charge in [0.2, 0.25) is 0 Å². The molecule has 3 rings (SSSR count). The molecule has 27 heavy (non-hydrogen) atoms. The van der Waals surface area contributed by atoms with Crippen molar-refractivity contribution in [2.24, 2.45) is 0 Å². The summed E-state index contributed by atoms with van der Waals surface area (Å²) in [6.45, 7) is 10.2. The average molecular weight is 360 g/mol. The molecule has 2 nitrogen and oxygen atoms in total. The predicted octanol–water partition coefficient (Wildman–Crippen LogP) is 6.04. The first-order valence-corrected chi connectivity index (χ1v) is 9.59. The van der Waals surface area contributed by atoms with Gasteiger partial charge in [-0.15, -0.1) is 0 Å². The van der Waals surface area contributed by atoms with Gasteiger partial charge in [0, 0.05) is 12.6 Å². The van der Waals surface area contributed by atoms with E-state index < -0.39 is 0 Å². The van der Waals surface area contributed by atoms with Gasteiger partial charge in [-0.05, 0) is 67.6 Å². The van der Waals surface area contributed by atoms with Crippen molar-refractivity contribution in [3.05, 3.63) is 100 Å². The maximum Gasteiger partial charge on any atom is 0.120 e. The number of nitrogens with one attached hydrogen (secondary N) is 1. The third-order valence-corrected chi connectivity index (χ3v) is 4.93. The molecule has 1 N–H and O–H groups in total. The van der Waals surface area contributed by atoms with Crippen LogP contribution in [0.15, 0.2) is 66.7 Å². The second-order valence-electron chi connectivity index (χ2n) is 7.34. The standard InChI is InChI=1S/C25H29NO/c1-18-13-19(2)25(20(3)14-18)21(4)26-16-23-11-8-12-24(15-23)27-17-22-9-6-5-7-10-22/h5-15,21,26H,16-17H2,1-4H3. The van der Waals surface area contributed by atoms with Gasteiger partial charge in [-0.3, -0.25) is 0 Å². The monoisotopic (exact) mass is 359 g/mol. The second-order valence-corrected chi connectivity index (χ2v) is 7.34. The second kappa shape index (κ2) is 8.88. The summed E-state index contributed by atoms with van der Waals surface area (Å²) in [6.07, 6.45) is 0. The Morgan fingerprint density at radius 3 is 2.19 bits per heavy atom. The fourth-order valence-corrected chi connectivity index (χ4v) is 3.73. The normalized spacial score (nSPS) is 12.0. The van der Waals surface area contributed by atoms with Crippen LogP contribution in [0.3, 0.4) is 0 Å². The van der Waals surface area contributed by atoms with Crippen LogP contribution in [0.5, 0.6) is 5.75 Å². The molecule has 0 saturated heterocycles. The van der Waals surface area contributed by atoms with Crippen LogP contribution in [0.25, 0.3) is 0 Å². The van der Waals surface area contributed by atoms with Crippen LogP contribution in [-0.2, 0) is 13.2 Å². The van der Waals surface area contributed by atoms with E-state index in [4.69, 9.17) is 4.74 Å². The summed E-state index contributed by atoms with van der Waals surface area (Å²) in [5.41, 5.74) is 7.84. The van der Waals surface area contributed by atoms with Gasteiger partial charge in [-0.25, -0.2) is 0 Å². The Morgan fingerprint density at radius 1 is 0.815 bits per heavy atom. The van der Waals surface area contributed by atoms with Crippen LogP contribution < -0.4 is 10.1 Å². The lowest BCUT2D eigenvalue weighted by molar-refractivity contribution is 0.306. The Balaban J connectivity index is 1.61. The maximum absolute atomic E-state index is 5.95. The Kier molecular flexibility index (Phi) is 6.31. The van der Waals surface area contributed by atoms with Gasteiger partial charge in [-0.2, -0.15) is 0 Å². The molecule has 0 heterocycles. The minimum Gasteiger partial charge on any atom is -0.489 e. The zero-order valence-corrected chi connectivity index (χ0v) is 16.8. The highest BCUT2D eigenvalue weighted by Gasteiger charge is 2.11. The minimum atomic E-state index is 0.305. The number of aryl methyl sites for hydroxylation is 3. The Labute approximate surface area is 163 Å². The van der Waals surface area contributed by atoms with Gasteiger partial charge in [0.25, 0.3) is 0 Å². The fourth-order valence-electron chi connectivity index (χ4n) is 3.73. The molecular weight excluding hydrogens is 330 g/mol. The van der Waals surface area contributed by atoms with Crippen LogP contribution >= 0.6 is 0 Å². The molecule has 0 aromatic heterocycles. The van der Waals surface area contributed by atoms with Crippen molar-refractivity contribution in [3.8, 4) is 5.75 Å². The molecule has 0 aliphatic rings. The van der Waals surface area contributed by atoms with E-state index in [1.165, 1.54) is 33.4 Å². The van der Waals surface area contributed by atoms with Gasteiger partial charge in [0.05, 0.1) is 0 Å². The lowest BCUT2D eigenvalue weighted by Crippen LogP contribution is -2.20. The van der Waals surface area contributed by atoms with Gasteiger partial charge >= 0.3 is 0 Å². The summed E-state index contributed by atoms with van der Waals surface area (Å²) in [5, 5.41) is 3.66. The number of ether oxygens (including phenoxy) is 1. The van der Waals surface area contributed by atoms with Crippen LogP contribution in [0.4, 0.5) is 0 Å². The molecular formula is C25H29NO. The number of benzene rings is 3. The third-order valence-electron chi connectivity index (χ3n) is 4.93. The van der Waals surface area contributed by atoms with Gasteiger partial charge < -0.3 is 10.1 Å². The smallest absolute Gasteiger partial charge is 0.120 e. The molecule has 0 bridgehead atoms. The predicted molar refractivity (Wildman–Crippen MR) is 113 cm³/mol. The zero-order valence-electron chi connectivity index (χ0n) is 16.8. The third kappa shape index (κ3) is 5.21. The summed E-state index contributed by atoms with van der Waals surface area (Å²) in [6, 6.07) is 23.4. The SMILES string of the molecule is Cc1cc(C)c(C(C)NCc2cccc(OCc3ccccc3)c2)c(C)c1. The van der Waals surface area contributed by atoms with E-state index in [0.717, 1.165) is 12.3 Å². The van der Waals surface area contributed by atoms with E-state index in [1.54, 1.807) is 0 Å². The highest BCUT2D eigenvalue weighted by molar-refractivity contribution is 5.39. The van der Waals surface area contributed by atoms with Gasteiger partial charge in [0.1, 0.15) is 12.4 Å². The highest BCUT2D eigenvalue weighted by atomic mass is 16.5. The lowest BCUT2D eigenvalue weighted by atomic mass is 9.95. The molecule has 0 spiro atoms. The topological polar surface area (TPSA) is 21.3 Å². The van der Waals surface area contributed by atoms with Crippen molar-refractivity contribution in [2.45, 2.75) is 46.9 Å². The molecule has 0 aliphatic carbocycles. The first-order chi connectivity index (χ1) is 13.0. The van der Waals surface area contributed by atoms with Gasteiger partial charge in [-0.1, -0.05) is 60.2 Å². The van der Waals surface area contributed by atoms with Crippen molar-refractivity contribution < 1.29 is 4.74 Å². The van der Waals surface area contributed by atoms with Crippen molar-refractivity contribution in [1.29, 1.82) is 0 Å². The molecule has 1 unspecified atom stereocenters. The van der Waals surface area contributed by atoms with Crippen LogP contribution in [0.1, 0.15) is 46.3 Å². The van der Waals surface area contributed by atoms with Crippen molar-refractivity contribution in [3.63, 3.8) is 0 Å². The summed E-state index contributed by atoms with van der Waals surface area (Å²) in [4.78, 5) is 0. The molecule has 0 radical (unpaired) electrons. The van der Waals surface area contributed by atoms with E-state index in [0.29, 0.717) is 12.6 Å². The minimum absolute atomic E-state index is 0.305. The maximum atomic E-state index is 5.95. The molecule has 3 aromatic rings. The molecule has 1 atom stereocenters. The number of hydrogen-bond donors (Lipinski definition) is 1. The summed E-state index contributed by atoms with van der Waals surface area (Å²) < 4.78 is 5.95. The summed E-state index contributed by atoms with van der Waals surface area (Å²) in [7, 11) is 0. The van der Waals surface area contributed by atoms with Crippen molar-refractivity contribution in [1.82, 2.24) is 5.32 Å². The quantitative estimate of drug-likeness (QED) is 0.555. The largest absolute Gasteiger partial charge is 0.489 e. The molecule has 0 saturated carbocycles. The summed E-state index contributed by atoms with van der Waals surface area (Å²) >= 11 is 0. The van der Waals surface area contributed by atoms with Crippen LogP contribution in [0.2, 0.25) is 0 Å². The Hall–Kier alpha value is -2.58. The van der Waals surface area contributed by atoms with E-state index in [-0.39, 0.29) is 0 Å². The van der Waals surface area contributed by atoms with E-state index in [1.807, 2.05) is 24.3 Å². The van der Waals surface area contributed by atoms with Crippen LogP contribution in [0, 0.1) is 20.8 Å². The Bertz CT molecular complexity index is 863. The molecule has 0 fully saturated rings. The first kappa shape index (κ1) is 19.2. The molecule has 0 amide bonds. The summed E-state index contributed by atoms with van der Waals surface area (Å²) in [5.74, 6) is 0.911. The molecule has 3 aromatic carbocycles. The van der Waals surface area contributed by atoms with E-state index >= 15 is 0 Å². The van der Waals surface area contributed by atoms with E-state index in [9.17, 15) is 0 Å². The first-order valence-electron chi connectivity index (χ1n) is 9.59. The van der Waals surface area contributed by atoms with Gasteiger partial charge in [0.15, 0.2) is 0 Å². The van der Waals surface area contributed by atoms with Crippen LogP contribution in [-0.4, -0.2) is 0 Å². The van der Waals surface area contributed by atoms with Crippen molar-refractivity contribution in [2.75, 3.05) is 0 Å². The molecule has 140 valence electrons. The molecule has 0 aliphatic heterocycles. The number of rotatable bonds is 7. The fraction of sp³-hybridized carbons (Fsp3) is 0.280. The van der Waals surface area contributed by atoms with Crippen molar-refractivity contribution >= 4 is 0 Å². The Morgan fingerprint density at radius 2 is 1.48 bits per heavy atom.